The molecular weight excluding hydrogens is 330 g/mol. The Balaban J connectivity index is 1.63. The summed E-state index contributed by atoms with van der Waals surface area (Å²) >= 11 is 0. The minimum atomic E-state index is -0.947. The summed E-state index contributed by atoms with van der Waals surface area (Å²) in [5.74, 6) is 0.131. The zero-order chi connectivity index (χ0) is 18.1. The highest BCUT2D eigenvalue weighted by Crippen LogP contribution is 2.41. The Morgan fingerprint density at radius 3 is 2.77 bits per heavy atom. The number of hydrogen-bond donors (Lipinski definition) is 2. The maximum Gasteiger partial charge on any atom is 0.277 e. The molecule has 1 aromatic rings. The number of nitrogens with zero attached hydrogens (tertiary/aromatic N) is 2. The van der Waals surface area contributed by atoms with Crippen molar-refractivity contribution in [1.82, 2.24) is 15.3 Å². The Kier molecular flexibility index (Phi) is 4.30. The number of amides is 1. The number of aliphatic hydroxyl groups is 1. The zero-order valence-electron chi connectivity index (χ0n) is 14.6. The largest absolute Gasteiger partial charge is 0.488 e. The molecule has 6 heteroatoms. The predicted octanol–water partition coefficient (Wildman–Crippen LogP) is 2.02. The van der Waals surface area contributed by atoms with Crippen LogP contribution in [0.1, 0.15) is 24.8 Å². The number of hydrogen-bond acceptors (Lipinski definition) is 5. The maximum absolute atomic E-state index is 13.2. The first-order valence-electron chi connectivity index (χ1n) is 8.90. The number of rotatable bonds is 5. The molecule has 4 rings (SSSR count). The number of benzene rings is 1. The number of aliphatic hydroxyl groups excluding tert-OH is 1. The van der Waals surface area contributed by atoms with Crippen LogP contribution in [0.15, 0.2) is 66.7 Å². The van der Waals surface area contributed by atoms with E-state index in [2.05, 4.69) is 12.0 Å². The minimum absolute atomic E-state index is 0.144. The van der Waals surface area contributed by atoms with Gasteiger partial charge in [-0.05, 0) is 30.9 Å². The lowest BCUT2D eigenvalue weighted by molar-refractivity contribution is -0.143. The van der Waals surface area contributed by atoms with Gasteiger partial charge in [-0.3, -0.25) is 9.80 Å². The van der Waals surface area contributed by atoms with Crippen molar-refractivity contribution in [2.75, 3.05) is 6.67 Å². The number of carbonyl (C=O) groups is 1. The summed E-state index contributed by atoms with van der Waals surface area (Å²) < 4.78 is 5.89. The van der Waals surface area contributed by atoms with E-state index in [0.717, 1.165) is 24.8 Å². The monoisotopic (exact) mass is 353 g/mol. The first-order chi connectivity index (χ1) is 12.6. The Morgan fingerprint density at radius 2 is 2.12 bits per heavy atom. The van der Waals surface area contributed by atoms with Gasteiger partial charge in [0, 0.05) is 6.20 Å². The summed E-state index contributed by atoms with van der Waals surface area (Å²) in [6.45, 7) is 4.63. The van der Waals surface area contributed by atoms with Crippen molar-refractivity contribution >= 4 is 5.91 Å². The SMILES string of the molecule is C=CC1(N2CNN3C=CC(O)C(OCc4ccccc4)=C3C2=O)CCC1. The predicted molar refractivity (Wildman–Crippen MR) is 96.9 cm³/mol. The molecule has 6 nitrogen and oxygen atoms in total. The van der Waals surface area contributed by atoms with E-state index < -0.39 is 6.10 Å². The molecule has 26 heavy (non-hydrogen) atoms. The van der Waals surface area contributed by atoms with E-state index in [-0.39, 0.29) is 23.8 Å². The molecule has 1 atom stereocenters. The molecule has 3 aliphatic rings. The van der Waals surface area contributed by atoms with Crippen LogP contribution < -0.4 is 5.43 Å². The highest BCUT2D eigenvalue weighted by atomic mass is 16.5. The Bertz CT molecular complexity index is 768. The molecule has 0 aromatic heterocycles. The average Bonchev–Trinajstić information content (AvgIpc) is 2.63. The third kappa shape index (κ3) is 2.71. The molecule has 0 radical (unpaired) electrons. The summed E-state index contributed by atoms with van der Waals surface area (Å²) in [6, 6.07) is 9.69. The van der Waals surface area contributed by atoms with Gasteiger partial charge in [-0.15, -0.1) is 6.58 Å². The van der Waals surface area contributed by atoms with E-state index in [1.807, 2.05) is 36.4 Å². The number of ether oxygens (including phenoxy) is 1. The second kappa shape index (κ2) is 6.63. The minimum Gasteiger partial charge on any atom is -0.488 e. The van der Waals surface area contributed by atoms with Gasteiger partial charge < -0.3 is 14.7 Å². The van der Waals surface area contributed by atoms with Crippen molar-refractivity contribution in [1.29, 1.82) is 0 Å². The number of carbonyl (C=O) groups excluding carboxylic acids is 1. The van der Waals surface area contributed by atoms with Crippen LogP contribution in [0, 0.1) is 0 Å². The van der Waals surface area contributed by atoms with Gasteiger partial charge in [-0.2, -0.15) is 0 Å². The van der Waals surface area contributed by atoms with Gasteiger partial charge in [0.15, 0.2) is 11.5 Å². The summed E-state index contributed by atoms with van der Waals surface area (Å²) in [6.07, 6.45) is 7.10. The van der Waals surface area contributed by atoms with Gasteiger partial charge in [0.25, 0.3) is 5.91 Å². The first kappa shape index (κ1) is 16.9. The van der Waals surface area contributed by atoms with Gasteiger partial charge in [0.05, 0.1) is 12.2 Å². The normalized spacial score (nSPS) is 24.2. The Morgan fingerprint density at radius 1 is 1.35 bits per heavy atom. The molecule has 2 N–H and O–H groups in total. The smallest absolute Gasteiger partial charge is 0.277 e. The summed E-state index contributed by atoms with van der Waals surface area (Å²) in [5, 5.41) is 12.0. The zero-order valence-corrected chi connectivity index (χ0v) is 14.6. The third-order valence-electron chi connectivity index (χ3n) is 5.38. The lowest BCUT2D eigenvalue weighted by Gasteiger charge is -2.52. The van der Waals surface area contributed by atoms with E-state index in [9.17, 15) is 9.90 Å². The topological polar surface area (TPSA) is 65.0 Å². The van der Waals surface area contributed by atoms with Crippen molar-refractivity contribution in [3.63, 3.8) is 0 Å². The van der Waals surface area contributed by atoms with Crippen molar-refractivity contribution in [2.24, 2.45) is 0 Å². The molecule has 0 bridgehead atoms. The van der Waals surface area contributed by atoms with Crippen molar-refractivity contribution in [2.45, 2.75) is 37.5 Å². The molecular formula is C20H23N3O3. The van der Waals surface area contributed by atoms with Crippen LogP contribution in [-0.2, 0) is 16.1 Å². The molecule has 2 aliphatic heterocycles. The fraction of sp³-hybridized carbons (Fsp3) is 0.350. The molecule has 1 aliphatic carbocycles. The van der Waals surface area contributed by atoms with Gasteiger partial charge >= 0.3 is 0 Å². The van der Waals surface area contributed by atoms with Crippen LogP contribution in [0.25, 0.3) is 0 Å². The number of nitrogens with one attached hydrogen (secondary N) is 1. The molecule has 2 fully saturated rings. The highest BCUT2D eigenvalue weighted by Gasteiger charge is 2.47. The van der Waals surface area contributed by atoms with E-state index in [0.29, 0.717) is 12.4 Å². The summed E-state index contributed by atoms with van der Waals surface area (Å²) in [5.41, 5.74) is 4.23. The second-order valence-electron chi connectivity index (χ2n) is 6.85. The van der Waals surface area contributed by atoms with Gasteiger partial charge in [0.2, 0.25) is 0 Å². The Labute approximate surface area is 153 Å². The standard InChI is InChI=1S/C20H23N3O3/c1-2-20(10-6-11-20)22-14-21-23-12-9-16(24)18(17(23)19(22)25)26-13-15-7-4-3-5-8-15/h2-5,7-9,12,16,21,24H,1,6,10-11,13-14H2. The van der Waals surface area contributed by atoms with E-state index in [1.54, 1.807) is 22.2 Å². The van der Waals surface area contributed by atoms with Gasteiger partial charge in [-0.1, -0.05) is 36.4 Å². The maximum atomic E-state index is 13.2. The molecule has 1 saturated carbocycles. The van der Waals surface area contributed by atoms with Crippen molar-refractivity contribution in [3.05, 3.63) is 72.3 Å². The fourth-order valence-corrected chi connectivity index (χ4v) is 3.65. The molecule has 2 heterocycles. The van der Waals surface area contributed by atoms with Crippen LogP contribution in [0.2, 0.25) is 0 Å². The van der Waals surface area contributed by atoms with Gasteiger partial charge in [-0.25, -0.2) is 5.43 Å². The molecule has 1 amide bonds. The van der Waals surface area contributed by atoms with Crippen LogP contribution in [0.5, 0.6) is 0 Å². The Hall–Kier alpha value is -2.57. The lowest BCUT2D eigenvalue weighted by atomic mass is 9.75. The quantitative estimate of drug-likeness (QED) is 0.793. The molecule has 1 unspecified atom stereocenters. The van der Waals surface area contributed by atoms with E-state index >= 15 is 0 Å². The van der Waals surface area contributed by atoms with E-state index in [1.165, 1.54) is 0 Å². The second-order valence-corrected chi connectivity index (χ2v) is 6.85. The third-order valence-corrected chi connectivity index (χ3v) is 5.38. The number of fused-ring (bicyclic) bond motifs is 1. The average molecular weight is 353 g/mol. The van der Waals surface area contributed by atoms with Crippen LogP contribution in [-0.4, -0.2) is 39.2 Å². The molecule has 136 valence electrons. The molecule has 1 aromatic carbocycles. The van der Waals surface area contributed by atoms with Crippen molar-refractivity contribution < 1.29 is 14.6 Å². The molecule has 0 spiro atoms. The van der Waals surface area contributed by atoms with Crippen LogP contribution >= 0.6 is 0 Å². The lowest BCUT2D eigenvalue weighted by Crippen LogP contribution is -2.64. The van der Waals surface area contributed by atoms with Crippen LogP contribution in [0.3, 0.4) is 0 Å². The summed E-state index contributed by atoms with van der Waals surface area (Å²) in [7, 11) is 0. The summed E-state index contributed by atoms with van der Waals surface area (Å²) in [4.78, 5) is 15.0. The fourth-order valence-electron chi connectivity index (χ4n) is 3.65. The first-order valence-corrected chi connectivity index (χ1v) is 8.90. The molecule has 1 saturated heterocycles. The highest BCUT2D eigenvalue weighted by molar-refractivity contribution is 5.95. The van der Waals surface area contributed by atoms with Crippen LogP contribution in [0.4, 0.5) is 0 Å². The van der Waals surface area contributed by atoms with Gasteiger partial charge in [0.1, 0.15) is 12.7 Å². The van der Waals surface area contributed by atoms with E-state index in [4.69, 9.17) is 4.74 Å². The number of hydrazine groups is 1. The van der Waals surface area contributed by atoms with Crippen molar-refractivity contribution in [3.8, 4) is 0 Å².